The molecule has 0 radical (unpaired) electrons. The Bertz CT molecular complexity index is 102. The largest absolute Gasteiger partial charge is 0.380 e. The van der Waals surface area contributed by atoms with Gasteiger partial charge in [0.15, 0.2) is 0 Å². The SMILES string of the molecule is CSB1N(C)CCCN1C. The maximum Gasteiger partial charge on any atom is 0.380 e. The van der Waals surface area contributed by atoms with Crippen molar-refractivity contribution in [2.24, 2.45) is 0 Å². The van der Waals surface area contributed by atoms with Crippen molar-refractivity contribution in [3.63, 3.8) is 0 Å². The van der Waals surface area contributed by atoms with Crippen LogP contribution < -0.4 is 0 Å². The van der Waals surface area contributed by atoms with Gasteiger partial charge in [-0.2, -0.15) is 11.6 Å². The van der Waals surface area contributed by atoms with Crippen LogP contribution in [0.2, 0.25) is 0 Å². The molecule has 0 aliphatic carbocycles. The van der Waals surface area contributed by atoms with Crippen molar-refractivity contribution in [3.05, 3.63) is 0 Å². The van der Waals surface area contributed by atoms with E-state index in [0.29, 0.717) is 6.26 Å². The first-order valence-corrected chi connectivity index (χ1v) is 4.98. The third-order valence-corrected chi connectivity index (χ3v) is 3.13. The molecule has 0 unspecified atom stereocenters. The molecule has 0 N–H and O–H groups in total. The van der Waals surface area contributed by atoms with Crippen LogP contribution in [0.4, 0.5) is 0 Å². The molecule has 1 fully saturated rings. The molecular weight excluding hydrogens is 143 g/mol. The lowest BCUT2D eigenvalue weighted by atomic mass is 9.99. The van der Waals surface area contributed by atoms with E-state index in [4.69, 9.17) is 0 Å². The van der Waals surface area contributed by atoms with Crippen molar-refractivity contribution < 1.29 is 0 Å². The van der Waals surface area contributed by atoms with Gasteiger partial charge in [0.05, 0.1) is 0 Å². The molecular formula is C6H15BN2S. The zero-order valence-electron chi connectivity index (χ0n) is 7.00. The first kappa shape index (κ1) is 8.43. The minimum absolute atomic E-state index is 0.605. The molecule has 0 saturated carbocycles. The van der Waals surface area contributed by atoms with Crippen molar-refractivity contribution >= 4 is 17.9 Å². The molecule has 0 aromatic rings. The van der Waals surface area contributed by atoms with Gasteiger partial charge in [0.2, 0.25) is 0 Å². The summed E-state index contributed by atoms with van der Waals surface area (Å²) in [5, 5.41) is 0. The summed E-state index contributed by atoms with van der Waals surface area (Å²) < 4.78 is 0. The highest BCUT2D eigenvalue weighted by atomic mass is 32.2. The summed E-state index contributed by atoms with van der Waals surface area (Å²) in [6.07, 6.45) is 4.08. The summed E-state index contributed by atoms with van der Waals surface area (Å²) in [6.45, 7) is 2.49. The van der Waals surface area contributed by atoms with Gasteiger partial charge in [0.25, 0.3) is 0 Å². The van der Waals surface area contributed by atoms with Crippen molar-refractivity contribution in [2.75, 3.05) is 33.4 Å². The van der Waals surface area contributed by atoms with Crippen LogP contribution in [0, 0.1) is 0 Å². The van der Waals surface area contributed by atoms with Gasteiger partial charge in [-0.15, -0.1) is 0 Å². The summed E-state index contributed by atoms with van der Waals surface area (Å²) in [4.78, 5) is 4.79. The second-order valence-electron chi connectivity index (χ2n) is 2.88. The Hall–Kier alpha value is 0.335. The number of hydrogen-bond acceptors (Lipinski definition) is 3. The Kier molecular flexibility index (Phi) is 3.08. The fourth-order valence-electron chi connectivity index (χ4n) is 1.49. The van der Waals surface area contributed by atoms with E-state index in [0.717, 1.165) is 0 Å². The average Bonchev–Trinajstić information content (AvgIpc) is 1.88. The summed E-state index contributed by atoms with van der Waals surface area (Å²) >= 11 is 1.91. The first-order chi connectivity index (χ1) is 4.75. The zero-order chi connectivity index (χ0) is 7.56. The molecule has 0 spiro atoms. The number of rotatable bonds is 1. The van der Waals surface area contributed by atoms with Crippen LogP contribution in [0.3, 0.4) is 0 Å². The van der Waals surface area contributed by atoms with Gasteiger partial charge in [-0.25, -0.2) is 0 Å². The molecule has 1 aliphatic heterocycles. The van der Waals surface area contributed by atoms with Crippen LogP contribution >= 0.6 is 11.6 Å². The predicted molar refractivity (Wildman–Crippen MR) is 49.1 cm³/mol. The van der Waals surface area contributed by atoms with Gasteiger partial charge < -0.3 is 9.62 Å². The fourth-order valence-corrected chi connectivity index (χ4v) is 2.42. The highest BCUT2D eigenvalue weighted by Gasteiger charge is 2.27. The molecule has 1 heterocycles. The summed E-state index contributed by atoms with van der Waals surface area (Å²) in [6, 6.07) is 0. The van der Waals surface area contributed by atoms with E-state index in [2.05, 4.69) is 30.0 Å². The van der Waals surface area contributed by atoms with Crippen molar-refractivity contribution in [1.29, 1.82) is 0 Å². The topological polar surface area (TPSA) is 6.48 Å². The minimum atomic E-state index is 0.605. The smallest absolute Gasteiger partial charge is 0.321 e. The molecule has 58 valence electrons. The molecule has 1 saturated heterocycles. The quantitative estimate of drug-likeness (QED) is 0.516. The van der Waals surface area contributed by atoms with Gasteiger partial charge in [-0.3, -0.25) is 0 Å². The van der Waals surface area contributed by atoms with Gasteiger partial charge in [0.1, 0.15) is 0 Å². The lowest BCUT2D eigenvalue weighted by Crippen LogP contribution is -2.52. The van der Waals surface area contributed by atoms with Crippen LogP contribution in [0.25, 0.3) is 0 Å². The van der Waals surface area contributed by atoms with Crippen LogP contribution in [-0.4, -0.2) is 49.3 Å². The van der Waals surface area contributed by atoms with E-state index in [1.54, 1.807) is 0 Å². The van der Waals surface area contributed by atoms with Gasteiger partial charge in [-0.05, 0) is 39.9 Å². The highest BCUT2D eigenvalue weighted by Crippen LogP contribution is 2.14. The minimum Gasteiger partial charge on any atom is -0.321 e. The van der Waals surface area contributed by atoms with E-state index < -0.39 is 0 Å². The number of hydrogen-bond donors (Lipinski definition) is 0. The zero-order valence-corrected chi connectivity index (χ0v) is 7.82. The molecule has 4 heteroatoms. The number of nitrogens with zero attached hydrogens (tertiary/aromatic N) is 2. The summed E-state index contributed by atoms with van der Waals surface area (Å²) in [5.41, 5.74) is 0. The molecule has 0 aromatic heterocycles. The Morgan fingerprint density at radius 2 is 1.70 bits per heavy atom. The summed E-state index contributed by atoms with van der Waals surface area (Å²) in [7, 11) is 4.38. The second kappa shape index (κ2) is 3.65. The van der Waals surface area contributed by atoms with E-state index in [-0.39, 0.29) is 0 Å². The van der Waals surface area contributed by atoms with Crippen molar-refractivity contribution in [2.45, 2.75) is 6.42 Å². The van der Waals surface area contributed by atoms with Gasteiger partial charge in [0, 0.05) is 0 Å². The first-order valence-electron chi connectivity index (χ1n) is 3.69. The summed E-state index contributed by atoms with van der Waals surface area (Å²) in [5.74, 6) is 0. The Morgan fingerprint density at radius 3 is 2.00 bits per heavy atom. The molecule has 0 amide bonds. The second-order valence-corrected chi connectivity index (χ2v) is 3.77. The average molecular weight is 158 g/mol. The van der Waals surface area contributed by atoms with Crippen LogP contribution in [0.5, 0.6) is 0 Å². The van der Waals surface area contributed by atoms with Crippen molar-refractivity contribution in [1.82, 2.24) is 9.62 Å². The lowest BCUT2D eigenvalue weighted by molar-refractivity contribution is 0.358. The van der Waals surface area contributed by atoms with E-state index in [1.807, 2.05) is 11.6 Å². The molecule has 1 rings (SSSR count). The van der Waals surface area contributed by atoms with Gasteiger partial charge in [-0.1, -0.05) is 0 Å². The molecule has 0 aromatic carbocycles. The third-order valence-electron chi connectivity index (χ3n) is 1.99. The van der Waals surface area contributed by atoms with E-state index >= 15 is 0 Å². The fraction of sp³-hybridized carbons (Fsp3) is 1.00. The Balaban J connectivity index is 2.45. The molecule has 0 bridgehead atoms. The van der Waals surface area contributed by atoms with Crippen LogP contribution in [0.15, 0.2) is 0 Å². The van der Waals surface area contributed by atoms with Crippen LogP contribution in [0.1, 0.15) is 6.42 Å². The third kappa shape index (κ3) is 1.68. The highest BCUT2D eigenvalue weighted by molar-refractivity contribution is 8.24. The van der Waals surface area contributed by atoms with E-state index in [1.165, 1.54) is 19.5 Å². The monoisotopic (exact) mass is 158 g/mol. The molecule has 0 atom stereocenters. The Labute approximate surface area is 68.0 Å². The predicted octanol–water partition coefficient (Wildman–Crippen LogP) is 0.602. The van der Waals surface area contributed by atoms with Crippen LogP contribution in [-0.2, 0) is 0 Å². The van der Waals surface area contributed by atoms with E-state index in [9.17, 15) is 0 Å². The maximum atomic E-state index is 2.40. The normalized spacial score (nSPS) is 23.7. The lowest BCUT2D eigenvalue weighted by Gasteiger charge is -2.35. The van der Waals surface area contributed by atoms with Gasteiger partial charge >= 0.3 is 6.26 Å². The molecule has 1 aliphatic rings. The molecule has 2 nitrogen and oxygen atoms in total. The molecule has 10 heavy (non-hydrogen) atoms. The standard InChI is InChI=1S/C6H15BN2S/c1-8-5-4-6-9(2)7(8)10-3/h4-6H2,1-3H3. The van der Waals surface area contributed by atoms with Crippen molar-refractivity contribution in [3.8, 4) is 0 Å². The Morgan fingerprint density at radius 1 is 1.20 bits per heavy atom. The maximum absolute atomic E-state index is 2.40.